The lowest BCUT2D eigenvalue weighted by Gasteiger charge is -2.21. The minimum Gasteiger partial charge on any atom is -0.481 e. The molecule has 0 aliphatic heterocycles. The number of nitrogens with zero attached hydrogens (tertiary/aromatic N) is 4. The molecule has 152 valence electrons. The summed E-state index contributed by atoms with van der Waals surface area (Å²) in [5, 5.41) is 13.7. The topological polar surface area (TPSA) is 135 Å². The summed E-state index contributed by atoms with van der Waals surface area (Å²) in [6.07, 6.45) is 2.81. The van der Waals surface area contributed by atoms with E-state index in [0.29, 0.717) is 17.1 Å². The maximum atomic E-state index is 13.5. The fraction of sp³-hybridized carbons (Fsp3) is 0.167. The zero-order valence-corrected chi connectivity index (χ0v) is 15.4. The number of halogens is 2. The molecule has 0 spiro atoms. The van der Waals surface area contributed by atoms with Crippen LogP contribution in [0, 0.1) is 11.6 Å². The second kappa shape index (κ2) is 8.63. The van der Waals surface area contributed by atoms with Crippen molar-refractivity contribution >= 4 is 23.1 Å². The molecule has 0 fully saturated rings. The van der Waals surface area contributed by atoms with Crippen molar-refractivity contribution in [1.29, 1.82) is 0 Å². The zero-order chi connectivity index (χ0) is 21.0. The number of nitrogen functional groups attached to an aromatic ring is 1. The number of aliphatic hydroxyl groups is 1. The standard InChI is InChI=1S/C18H19F2N7O2/c1-29-16-5-3-11(7-23-16)27(22)17-14(21)8-24-18(26-17)25-15(9-28)10-2-4-12(19)13(20)6-10/h2-8,15,28H,9,21-22H2,1H3,(H,24,25,26). The summed E-state index contributed by atoms with van der Waals surface area (Å²) in [4.78, 5) is 12.4. The Bertz CT molecular complexity index is 988. The molecule has 11 heteroatoms. The lowest BCUT2D eigenvalue weighted by molar-refractivity contribution is 0.275. The Labute approximate surface area is 164 Å². The number of ether oxygens (including phenoxy) is 1. The summed E-state index contributed by atoms with van der Waals surface area (Å²) in [6, 6.07) is 5.82. The number of nitrogens with one attached hydrogen (secondary N) is 1. The average Bonchev–Trinajstić information content (AvgIpc) is 2.74. The predicted molar refractivity (Wildman–Crippen MR) is 103 cm³/mol. The second-order valence-electron chi connectivity index (χ2n) is 5.95. The van der Waals surface area contributed by atoms with Crippen LogP contribution in [-0.4, -0.2) is 33.8 Å². The van der Waals surface area contributed by atoms with E-state index in [1.165, 1.54) is 30.6 Å². The molecule has 0 amide bonds. The van der Waals surface area contributed by atoms with Crippen LogP contribution in [0.2, 0.25) is 0 Å². The van der Waals surface area contributed by atoms with Crippen molar-refractivity contribution in [2.45, 2.75) is 6.04 Å². The number of anilines is 4. The SMILES string of the molecule is COc1ccc(N(N)c2nc(NC(CO)c3ccc(F)c(F)c3)ncc2N)cn1. The Morgan fingerprint density at radius 3 is 2.59 bits per heavy atom. The van der Waals surface area contributed by atoms with Gasteiger partial charge in [0.2, 0.25) is 11.8 Å². The fourth-order valence-electron chi connectivity index (χ4n) is 2.52. The molecule has 29 heavy (non-hydrogen) atoms. The number of hydrazine groups is 1. The van der Waals surface area contributed by atoms with Gasteiger partial charge < -0.3 is 20.9 Å². The summed E-state index contributed by atoms with van der Waals surface area (Å²) in [5.74, 6) is 4.76. The molecule has 0 radical (unpaired) electrons. The third-order valence-corrected chi connectivity index (χ3v) is 4.06. The number of hydrogen-bond donors (Lipinski definition) is 4. The van der Waals surface area contributed by atoms with Gasteiger partial charge in [-0.1, -0.05) is 6.07 Å². The van der Waals surface area contributed by atoms with Crippen molar-refractivity contribution in [1.82, 2.24) is 15.0 Å². The third kappa shape index (κ3) is 4.47. The van der Waals surface area contributed by atoms with Crippen molar-refractivity contribution in [3.8, 4) is 5.88 Å². The highest BCUT2D eigenvalue weighted by atomic mass is 19.2. The van der Waals surface area contributed by atoms with Gasteiger partial charge in [0.25, 0.3) is 0 Å². The molecule has 6 N–H and O–H groups in total. The van der Waals surface area contributed by atoms with Gasteiger partial charge in [-0.05, 0) is 23.8 Å². The number of methoxy groups -OCH3 is 1. The Kier molecular flexibility index (Phi) is 6.00. The van der Waals surface area contributed by atoms with Crippen LogP contribution in [-0.2, 0) is 0 Å². The van der Waals surface area contributed by atoms with Gasteiger partial charge in [0.1, 0.15) is 0 Å². The van der Waals surface area contributed by atoms with Crippen LogP contribution >= 0.6 is 0 Å². The molecule has 1 unspecified atom stereocenters. The second-order valence-corrected chi connectivity index (χ2v) is 5.95. The zero-order valence-electron chi connectivity index (χ0n) is 15.4. The van der Waals surface area contributed by atoms with Gasteiger partial charge in [0.15, 0.2) is 17.5 Å². The number of rotatable bonds is 7. The molecule has 3 rings (SSSR count). The quantitative estimate of drug-likeness (QED) is 0.344. The molecular weight excluding hydrogens is 384 g/mol. The largest absolute Gasteiger partial charge is 0.481 e. The smallest absolute Gasteiger partial charge is 0.225 e. The Balaban J connectivity index is 1.86. The third-order valence-electron chi connectivity index (χ3n) is 4.06. The van der Waals surface area contributed by atoms with E-state index in [1.807, 2.05) is 0 Å². The molecular formula is C18H19F2N7O2. The van der Waals surface area contributed by atoms with Crippen LogP contribution in [0.25, 0.3) is 0 Å². The minimum atomic E-state index is -1.03. The van der Waals surface area contributed by atoms with Gasteiger partial charge in [-0.15, -0.1) is 0 Å². The van der Waals surface area contributed by atoms with E-state index in [0.717, 1.165) is 12.1 Å². The number of pyridine rings is 1. The van der Waals surface area contributed by atoms with E-state index in [9.17, 15) is 13.9 Å². The number of aromatic nitrogens is 3. The highest BCUT2D eigenvalue weighted by Crippen LogP contribution is 2.27. The number of benzene rings is 1. The van der Waals surface area contributed by atoms with Crippen molar-refractivity contribution < 1.29 is 18.6 Å². The number of nitrogens with two attached hydrogens (primary N) is 2. The van der Waals surface area contributed by atoms with Gasteiger partial charge in [0, 0.05) is 6.07 Å². The lowest BCUT2D eigenvalue weighted by Crippen LogP contribution is -2.28. The summed E-state index contributed by atoms with van der Waals surface area (Å²) in [6.45, 7) is -0.414. The first kappa shape index (κ1) is 20.2. The van der Waals surface area contributed by atoms with Crippen LogP contribution in [0.1, 0.15) is 11.6 Å². The van der Waals surface area contributed by atoms with Gasteiger partial charge in [0.05, 0.1) is 43.5 Å². The molecule has 1 atom stereocenters. The summed E-state index contributed by atoms with van der Waals surface area (Å²) >= 11 is 0. The number of aliphatic hydroxyl groups excluding tert-OH is 1. The molecule has 2 heterocycles. The highest BCUT2D eigenvalue weighted by Gasteiger charge is 2.17. The van der Waals surface area contributed by atoms with Gasteiger partial charge >= 0.3 is 0 Å². The van der Waals surface area contributed by atoms with Crippen molar-refractivity contribution in [3.63, 3.8) is 0 Å². The Hall–Kier alpha value is -3.57. The summed E-state index contributed by atoms with van der Waals surface area (Å²) < 4.78 is 31.7. The highest BCUT2D eigenvalue weighted by molar-refractivity contribution is 5.70. The van der Waals surface area contributed by atoms with E-state index in [2.05, 4.69) is 20.3 Å². The maximum absolute atomic E-state index is 13.5. The predicted octanol–water partition coefficient (Wildman–Crippen LogP) is 1.90. The number of hydrogen-bond acceptors (Lipinski definition) is 9. The van der Waals surface area contributed by atoms with E-state index in [-0.39, 0.29) is 17.5 Å². The molecule has 1 aromatic carbocycles. The lowest BCUT2D eigenvalue weighted by atomic mass is 10.1. The van der Waals surface area contributed by atoms with Crippen LogP contribution < -0.4 is 26.6 Å². The van der Waals surface area contributed by atoms with Crippen molar-refractivity contribution in [2.24, 2.45) is 5.84 Å². The first-order chi connectivity index (χ1) is 13.9. The molecule has 9 nitrogen and oxygen atoms in total. The summed E-state index contributed by atoms with van der Waals surface area (Å²) in [5.41, 5.74) is 6.94. The van der Waals surface area contributed by atoms with E-state index < -0.39 is 24.3 Å². The van der Waals surface area contributed by atoms with Crippen LogP contribution in [0.15, 0.2) is 42.7 Å². The van der Waals surface area contributed by atoms with E-state index in [1.54, 1.807) is 12.1 Å². The minimum absolute atomic E-state index is 0.0786. The van der Waals surface area contributed by atoms with Gasteiger partial charge in [-0.3, -0.25) is 5.01 Å². The normalized spacial score (nSPS) is 11.8. The monoisotopic (exact) mass is 403 g/mol. The van der Waals surface area contributed by atoms with Crippen LogP contribution in [0.5, 0.6) is 5.88 Å². The van der Waals surface area contributed by atoms with Crippen molar-refractivity contribution in [2.75, 3.05) is 29.8 Å². The Morgan fingerprint density at radius 1 is 1.17 bits per heavy atom. The average molecular weight is 403 g/mol. The molecule has 0 bridgehead atoms. The van der Waals surface area contributed by atoms with Crippen LogP contribution in [0.4, 0.5) is 31.9 Å². The fourth-order valence-corrected chi connectivity index (χ4v) is 2.52. The molecule has 3 aromatic rings. The summed E-state index contributed by atoms with van der Waals surface area (Å²) in [7, 11) is 1.49. The first-order valence-electron chi connectivity index (χ1n) is 8.42. The maximum Gasteiger partial charge on any atom is 0.225 e. The molecule has 2 aromatic heterocycles. The van der Waals surface area contributed by atoms with E-state index in [4.69, 9.17) is 16.3 Å². The van der Waals surface area contributed by atoms with Gasteiger partial charge in [-0.2, -0.15) is 4.98 Å². The van der Waals surface area contributed by atoms with Gasteiger partial charge in [-0.25, -0.2) is 24.6 Å². The molecule has 0 saturated carbocycles. The molecule has 0 aliphatic carbocycles. The van der Waals surface area contributed by atoms with E-state index >= 15 is 0 Å². The molecule has 0 aliphatic rings. The van der Waals surface area contributed by atoms with Crippen LogP contribution in [0.3, 0.4) is 0 Å². The van der Waals surface area contributed by atoms with Crippen molar-refractivity contribution in [3.05, 3.63) is 59.9 Å². The molecule has 0 saturated heterocycles. The Morgan fingerprint density at radius 2 is 1.97 bits per heavy atom. The first-order valence-corrected chi connectivity index (χ1v) is 8.42.